The van der Waals surface area contributed by atoms with Crippen LogP contribution in [0.25, 0.3) is 11.0 Å². The van der Waals surface area contributed by atoms with Crippen molar-refractivity contribution < 1.29 is 14.3 Å². The van der Waals surface area contributed by atoms with Crippen molar-refractivity contribution in [3.05, 3.63) is 36.2 Å². The van der Waals surface area contributed by atoms with Crippen LogP contribution in [0.15, 0.2) is 30.6 Å². The third kappa shape index (κ3) is 3.53. The number of carbonyl (C=O) groups is 2. The van der Waals surface area contributed by atoms with Crippen LogP contribution in [0.3, 0.4) is 0 Å². The average molecular weight is 287 g/mol. The van der Waals surface area contributed by atoms with Crippen LogP contribution in [0.1, 0.15) is 23.7 Å². The fraction of sp³-hybridized carbons (Fsp3) is 0.333. The molecule has 0 unspecified atom stereocenters. The third-order valence-electron chi connectivity index (χ3n) is 3.03. The summed E-state index contributed by atoms with van der Waals surface area (Å²) in [5, 5.41) is 0. The Bertz CT molecular complexity index is 652. The fourth-order valence-corrected chi connectivity index (χ4v) is 1.96. The minimum atomic E-state index is -0.310. The third-order valence-corrected chi connectivity index (χ3v) is 3.03. The van der Waals surface area contributed by atoms with Gasteiger partial charge in [0.25, 0.3) is 5.91 Å². The Morgan fingerprint density at radius 3 is 2.76 bits per heavy atom. The predicted molar refractivity (Wildman–Crippen MR) is 77.7 cm³/mol. The Balaban J connectivity index is 2.13. The van der Waals surface area contributed by atoms with E-state index in [9.17, 15) is 9.59 Å². The van der Waals surface area contributed by atoms with Gasteiger partial charge in [0.15, 0.2) is 0 Å². The normalized spacial score (nSPS) is 10.4. The highest BCUT2D eigenvalue weighted by atomic mass is 16.5. The summed E-state index contributed by atoms with van der Waals surface area (Å²) < 4.78 is 4.85. The zero-order chi connectivity index (χ0) is 15.2. The van der Waals surface area contributed by atoms with E-state index in [0.717, 1.165) is 0 Å². The van der Waals surface area contributed by atoms with E-state index in [1.807, 2.05) is 0 Å². The predicted octanol–water partition coefficient (Wildman–Crippen LogP) is 1.66. The van der Waals surface area contributed by atoms with Crippen LogP contribution in [0, 0.1) is 0 Å². The lowest BCUT2D eigenvalue weighted by molar-refractivity contribution is -0.143. The van der Waals surface area contributed by atoms with Crippen LogP contribution < -0.4 is 0 Å². The summed E-state index contributed by atoms with van der Waals surface area (Å²) >= 11 is 0. The number of hydrogen-bond donors (Lipinski definition) is 0. The quantitative estimate of drug-likeness (QED) is 0.782. The van der Waals surface area contributed by atoms with Gasteiger partial charge in [-0.1, -0.05) is 6.07 Å². The van der Waals surface area contributed by atoms with E-state index >= 15 is 0 Å². The molecule has 0 N–H and O–H groups in total. The van der Waals surface area contributed by atoms with Crippen molar-refractivity contribution in [2.75, 3.05) is 20.2 Å². The molecule has 0 aliphatic heterocycles. The number of para-hydroxylation sites is 1. The first-order valence-electron chi connectivity index (χ1n) is 6.74. The molecule has 0 radical (unpaired) electrons. The molecule has 1 aromatic carbocycles. The van der Waals surface area contributed by atoms with Crippen molar-refractivity contribution in [3.63, 3.8) is 0 Å². The lowest BCUT2D eigenvalue weighted by Crippen LogP contribution is -2.29. The molecule has 0 fully saturated rings. The number of rotatable bonds is 5. The maximum Gasteiger partial charge on any atom is 0.307 e. The van der Waals surface area contributed by atoms with Crippen LogP contribution >= 0.6 is 0 Å². The number of hydrogen-bond acceptors (Lipinski definition) is 5. The number of benzene rings is 1. The molecular formula is C15H17N3O3. The molecule has 2 rings (SSSR count). The van der Waals surface area contributed by atoms with Crippen molar-refractivity contribution in [2.24, 2.45) is 0 Å². The van der Waals surface area contributed by atoms with E-state index in [1.165, 1.54) is 4.90 Å². The topological polar surface area (TPSA) is 72.4 Å². The fourth-order valence-electron chi connectivity index (χ4n) is 1.96. The van der Waals surface area contributed by atoms with Crippen LogP contribution in [0.5, 0.6) is 0 Å². The van der Waals surface area contributed by atoms with Crippen LogP contribution in [0.2, 0.25) is 0 Å². The minimum absolute atomic E-state index is 0.173. The second kappa shape index (κ2) is 6.78. The smallest absolute Gasteiger partial charge is 0.307 e. The molecule has 0 saturated carbocycles. The van der Waals surface area contributed by atoms with Crippen molar-refractivity contribution in [1.82, 2.24) is 14.9 Å². The molecule has 21 heavy (non-hydrogen) atoms. The van der Waals surface area contributed by atoms with Gasteiger partial charge in [0.1, 0.15) is 5.52 Å². The maximum absolute atomic E-state index is 12.4. The van der Waals surface area contributed by atoms with Gasteiger partial charge in [-0.2, -0.15) is 0 Å². The standard InChI is InChI=1S/C15H17N3O3/c1-3-21-13(19)7-10-18(2)15(20)11-5-4-6-12-14(11)17-9-8-16-12/h4-6,8-9H,3,7,10H2,1-2H3. The Hall–Kier alpha value is -2.50. The number of fused-ring (bicyclic) bond motifs is 1. The largest absolute Gasteiger partial charge is 0.466 e. The molecule has 0 bridgehead atoms. The molecule has 110 valence electrons. The highest BCUT2D eigenvalue weighted by Crippen LogP contribution is 2.15. The van der Waals surface area contributed by atoms with Gasteiger partial charge in [-0.15, -0.1) is 0 Å². The number of esters is 1. The molecule has 0 aliphatic carbocycles. The Morgan fingerprint density at radius 2 is 2.00 bits per heavy atom. The SMILES string of the molecule is CCOC(=O)CCN(C)C(=O)c1cccc2nccnc12. The number of nitrogens with zero attached hydrogens (tertiary/aromatic N) is 3. The molecule has 2 aromatic rings. The van der Waals surface area contributed by atoms with Gasteiger partial charge in [0.2, 0.25) is 0 Å². The van der Waals surface area contributed by atoms with Crippen molar-refractivity contribution >= 4 is 22.9 Å². The first-order chi connectivity index (χ1) is 10.1. The maximum atomic E-state index is 12.4. The molecule has 1 amide bonds. The lowest BCUT2D eigenvalue weighted by atomic mass is 10.1. The van der Waals surface area contributed by atoms with Gasteiger partial charge in [-0.05, 0) is 19.1 Å². The summed E-state index contributed by atoms with van der Waals surface area (Å²) in [4.78, 5) is 33.6. The lowest BCUT2D eigenvalue weighted by Gasteiger charge is -2.17. The summed E-state index contributed by atoms with van der Waals surface area (Å²) in [5.74, 6) is -0.500. The first-order valence-corrected chi connectivity index (χ1v) is 6.74. The summed E-state index contributed by atoms with van der Waals surface area (Å²) in [6, 6.07) is 5.28. The van der Waals surface area contributed by atoms with Gasteiger partial charge in [0, 0.05) is 26.0 Å². The van der Waals surface area contributed by atoms with E-state index in [2.05, 4.69) is 9.97 Å². The number of ether oxygens (including phenoxy) is 1. The molecule has 6 nitrogen and oxygen atoms in total. The molecule has 1 aromatic heterocycles. The number of amides is 1. The molecular weight excluding hydrogens is 270 g/mol. The molecule has 0 spiro atoms. The zero-order valence-electron chi connectivity index (χ0n) is 12.1. The Kier molecular flexibility index (Phi) is 4.81. The van der Waals surface area contributed by atoms with Crippen LogP contribution in [0.4, 0.5) is 0 Å². The van der Waals surface area contributed by atoms with Gasteiger partial charge in [-0.3, -0.25) is 19.6 Å². The Labute approximate surface area is 122 Å². The zero-order valence-corrected chi connectivity index (χ0v) is 12.1. The van der Waals surface area contributed by atoms with Crippen LogP contribution in [-0.4, -0.2) is 46.9 Å². The van der Waals surface area contributed by atoms with Crippen molar-refractivity contribution in [2.45, 2.75) is 13.3 Å². The summed E-state index contributed by atoms with van der Waals surface area (Å²) in [5.41, 5.74) is 1.71. The summed E-state index contributed by atoms with van der Waals surface area (Å²) in [6.45, 7) is 2.39. The Morgan fingerprint density at radius 1 is 1.24 bits per heavy atom. The van der Waals surface area contributed by atoms with Gasteiger partial charge < -0.3 is 9.64 Å². The molecule has 1 heterocycles. The summed E-state index contributed by atoms with van der Waals surface area (Å²) in [7, 11) is 1.65. The van der Waals surface area contributed by atoms with Crippen molar-refractivity contribution in [3.8, 4) is 0 Å². The van der Waals surface area contributed by atoms with Gasteiger partial charge in [0.05, 0.1) is 24.1 Å². The summed E-state index contributed by atoms with van der Waals surface area (Å²) in [6.07, 6.45) is 3.31. The van der Waals surface area contributed by atoms with E-state index < -0.39 is 0 Å². The van der Waals surface area contributed by atoms with E-state index in [-0.39, 0.29) is 18.3 Å². The second-order valence-corrected chi connectivity index (χ2v) is 4.51. The van der Waals surface area contributed by atoms with E-state index in [1.54, 1.807) is 44.6 Å². The highest BCUT2D eigenvalue weighted by Gasteiger charge is 2.16. The molecule has 0 aliphatic rings. The molecule has 0 saturated heterocycles. The minimum Gasteiger partial charge on any atom is -0.466 e. The van der Waals surface area contributed by atoms with Crippen LogP contribution in [-0.2, 0) is 9.53 Å². The molecule has 0 atom stereocenters. The van der Waals surface area contributed by atoms with Gasteiger partial charge in [-0.25, -0.2) is 0 Å². The second-order valence-electron chi connectivity index (χ2n) is 4.51. The first kappa shape index (κ1) is 14.9. The van der Waals surface area contributed by atoms with Gasteiger partial charge >= 0.3 is 5.97 Å². The monoisotopic (exact) mass is 287 g/mol. The molecule has 6 heteroatoms. The van der Waals surface area contributed by atoms with E-state index in [0.29, 0.717) is 29.7 Å². The van der Waals surface area contributed by atoms with E-state index in [4.69, 9.17) is 4.74 Å². The average Bonchev–Trinajstić information content (AvgIpc) is 2.51. The van der Waals surface area contributed by atoms with Crippen molar-refractivity contribution in [1.29, 1.82) is 0 Å². The number of carbonyl (C=O) groups excluding carboxylic acids is 2. The number of aromatic nitrogens is 2. The highest BCUT2D eigenvalue weighted by molar-refractivity contribution is 6.04.